The molecule has 0 spiro atoms. The van der Waals surface area contributed by atoms with Crippen molar-refractivity contribution in [2.75, 3.05) is 27.4 Å². The smallest absolute Gasteiger partial charge is 0.346 e. The van der Waals surface area contributed by atoms with Gasteiger partial charge in [-0.3, -0.25) is 0 Å². The molecule has 0 unspecified atom stereocenters. The molecule has 0 bridgehead atoms. The second-order valence-electron chi connectivity index (χ2n) is 10.0. The van der Waals surface area contributed by atoms with Gasteiger partial charge in [0.05, 0.1) is 33.0 Å². The Balaban J connectivity index is 1.47. The van der Waals surface area contributed by atoms with E-state index in [4.69, 9.17) is 33.2 Å². The van der Waals surface area contributed by atoms with E-state index < -0.39 is 87.2 Å². The predicted molar refractivity (Wildman–Crippen MR) is 144 cm³/mol. The van der Waals surface area contributed by atoms with Crippen LogP contribution in [0.3, 0.4) is 0 Å². The van der Waals surface area contributed by atoms with Crippen LogP contribution >= 0.6 is 0 Å². The van der Waals surface area contributed by atoms with E-state index in [2.05, 4.69) is 0 Å². The van der Waals surface area contributed by atoms with E-state index in [0.717, 1.165) is 0 Å². The summed E-state index contributed by atoms with van der Waals surface area (Å²) in [5, 5.41) is 81.6. The van der Waals surface area contributed by atoms with E-state index in [0.29, 0.717) is 0 Å². The molecule has 2 aliphatic rings. The van der Waals surface area contributed by atoms with Gasteiger partial charge in [0.25, 0.3) is 0 Å². The van der Waals surface area contributed by atoms with E-state index in [9.17, 15) is 45.6 Å². The molecule has 2 aliphatic heterocycles. The molecule has 2 heterocycles. The lowest BCUT2D eigenvalue weighted by atomic mass is 9.98. The summed E-state index contributed by atoms with van der Waals surface area (Å²) in [7, 11) is 2.73. The summed E-state index contributed by atoms with van der Waals surface area (Å²) in [5.41, 5.74) is -0.0268. The minimum atomic E-state index is -1.81. The SMILES string of the molecule is COc1cccc(OC)c1C(=O)OCc1c(O)cccc1O[C@@H]1O[C@H](CO[C@@H]2O[C@H](CO)[C@@H](O)[C@H](O)[C@H]2O)[C@@H](O)[C@H](O)[C@H]1O. The molecular weight excluding hydrogens is 592 g/mol. The molecule has 0 aliphatic carbocycles. The Labute approximate surface area is 251 Å². The summed E-state index contributed by atoms with van der Waals surface area (Å²) in [5.74, 6) is -0.911. The molecular formula is C28H36O16. The topological polar surface area (TPSA) is 244 Å². The average Bonchev–Trinajstić information content (AvgIpc) is 3.03. The highest BCUT2D eigenvalue weighted by atomic mass is 16.7. The second-order valence-corrected chi connectivity index (χ2v) is 10.0. The third-order valence-corrected chi connectivity index (χ3v) is 7.27. The van der Waals surface area contributed by atoms with Gasteiger partial charge in [-0.25, -0.2) is 4.79 Å². The zero-order valence-corrected chi connectivity index (χ0v) is 23.7. The fourth-order valence-electron chi connectivity index (χ4n) is 4.74. The number of hydrogen-bond donors (Lipinski definition) is 8. The van der Waals surface area contributed by atoms with Crippen molar-refractivity contribution in [3.05, 3.63) is 47.5 Å². The Morgan fingerprint density at radius 2 is 1.30 bits per heavy atom. The average molecular weight is 629 g/mol. The molecule has 4 rings (SSSR count). The van der Waals surface area contributed by atoms with Crippen molar-refractivity contribution in [2.24, 2.45) is 0 Å². The summed E-state index contributed by atoms with van der Waals surface area (Å²) in [6, 6.07) is 8.76. The van der Waals surface area contributed by atoms with Gasteiger partial charge < -0.3 is 74.0 Å². The standard InChI is InChI=1S/C28H36O16/c1-38-15-7-4-8-16(39-2)19(15)26(37)40-10-12-13(30)5-3-6-14(12)42-28-25(36)23(34)21(32)18(44-28)11-41-27-24(35)22(33)20(31)17(9-29)43-27/h3-8,17-18,20-25,27-36H,9-11H2,1-2H3/t17-,18-,20-,21-,22+,23+,24-,25-,27-,28-/m1/s1. The van der Waals surface area contributed by atoms with Crippen molar-refractivity contribution >= 4 is 5.97 Å². The Morgan fingerprint density at radius 1 is 0.750 bits per heavy atom. The minimum absolute atomic E-state index is 0.000721. The molecule has 16 heteroatoms. The van der Waals surface area contributed by atoms with Crippen LogP contribution in [0.5, 0.6) is 23.0 Å². The molecule has 44 heavy (non-hydrogen) atoms. The number of phenolic OH excluding ortho intramolecular Hbond substituents is 1. The van der Waals surface area contributed by atoms with Crippen LogP contribution < -0.4 is 14.2 Å². The number of aliphatic hydroxyl groups is 7. The number of aliphatic hydroxyl groups excluding tert-OH is 7. The first-order valence-electron chi connectivity index (χ1n) is 13.5. The fourth-order valence-corrected chi connectivity index (χ4v) is 4.74. The molecule has 2 aromatic rings. The molecule has 0 radical (unpaired) electrons. The van der Waals surface area contributed by atoms with Crippen LogP contribution in [-0.2, 0) is 25.6 Å². The van der Waals surface area contributed by atoms with Crippen molar-refractivity contribution in [1.82, 2.24) is 0 Å². The number of methoxy groups -OCH3 is 2. The van der Waals surface area contributed by atoms with Gasteiger partial charge in [0.2, 0.25) is 6.29 Å². The molecule has 8 N–H and O–H groups in total. The molecule has 244 valence electrons. The van der Waals surface area contributed by atoms with Crippen molar-refractivity contribution in [3.63, 3.8) is 0 Å². The van der Waals surface area contributed by atoms with Crippen LogP contribution in [0.25, 0.3) is 0 Å². The maximum absolute atomic E-state index is 13.0. The number of rotatable bonds is 11. The number of aromatic hydroxyl groups is 1. The summed E-state index contributed by atoms with van der Waals surface area (Å²) in [4.78, 5) is 13.0. The molecule has 2 fully saturated rings. The fraction of sp³-hybridized carbons (Fsp3) is 0.536. The highest BCUT2D eigenvalue weighted by molar-refractivity contribution is 5.95. The summed E-state index contributed by atoms with van der Waals surface area (Å²) < 4.78 is 37.9. The number of carbonyl (C=O) groups excluding carboxylic acids is 1. The van der Waals surface area contributed by atoms with Gasteiger partial charge in [-0.2, -0.15) is 0 Å². The third kappa shape index (κ3) is 7.00. The highest BCUT2D eigenvalue weighted by Gasteiger charge is 2.48. The van der Waals surface area contributed by atoms with E-state index in [1.165, 1.54) is 44.6 Å². The maximum atomic E-state index is 13.0. The first kappa shape index (κ1) is 33.6. The lowest BCUT2D eigenvalue weighted by Gasteiger charge is -2.42. The van der Waals surface area contributed by atoms with Gasteiger partial charge in [0.15, 0.2) is 6.29 Å². The lowest BCUT2D eigenvalue weighted by molar-refractivity contribution is -0.323. The van der Waals surface area contributed by atoms with Crippen molar-refractivity contribution < 1.29 is 78.8 Å². The van der Waals surface area contributed by atoms with Crippen molar-refractivity contribution in [1.29, 1.82) is 0 Å². The van der Waals surface area contributed by atoms with E-state index in [1.54, 1.807) is 6.07 Å². The summed E-state index contributed by atoms with van der Waals surface area (Å²) >= 11 is 0. The van der Waals surface area contributed by atoms with Gasteiger partial charge >= 0.3 is 5.97 Å². The number of benzene rings is 2. The van der Waals surface area contributed by atoms with E-state index >= 15 is 0 Å². The van der Waals surface area contributed by atoms with Gasteiger partial charge in [-0.1, -0.05) is 12.1 Å². The zero-order valence-electron chi connectivity index (χ0n) is 23.7. The van der Waals surface area contributed by atoms with Crippen LogP contribution in [-0.4, -0.2) is 136 Å². The Morgan fingerprint density at radius 3 is 1.91 bits per heavy atom. The lowest BCUT2D eigenvalue weighted by Crippen LogP contribution is -2.62. The molecule has 2 saturated heterocycles. The van der Waals surface area contributed by atoms with E-state index in [-0.39, 0.29) is 34.1 Å². The number of phenols is 1. The van der Waals surface area contributed by atoms with Gasteiger partial charge in [0.1, 0.15) is 84.0 Å². The van der Waals surface area contributed by atoms with Crippen LogP contribution in [0.4, 0.5) is 0 Å². The first-order valence-corrected chi connectivity index (χ1v) is 13.5. The largest absolute Gasteiger partial charge is 0.507 e. The van der Waals surface area contributed by atoms with E-state index in [1.807, 2.05) is 0 Å². The van der Waals surface area contributed by atoms with Crippen molar-refractivity contribution in [3.8, 4) is 23.0 Å². The molecule has 10 atom stereocenters. The number of esters is 1. The maximum Gasteiger partial charge on any atom is 0.346 e. The normalized spacial score (nSPS) is 32.1. The number of carbonyl (C=O) groups is 1. The molecule has 16 nitrogen and oxygen atoms in total. The first-order chi connectivity index (χ1) is 21.0. The van der Waals surface area contributed by atoms with Crippen molar-refractivity contribution in [2.45, 2.75) is 68.0 Å². The summed E-state index contributed by atoms with van der Waals surface area (Å²) in [6.07, 6.45) is -16.2. The minimum Gasteiger partial charge on any atom is -0.507 e. The Hall–Kier alpha value is -3.29. The molecule has 0 amide bonds. The Kier molecular flexibility index (Phi) is 11.2. The molecule has 0 aromatic heterocycles. The van der Waals surface area contributed by atoms with Crippen LogP contribution in [0.1, 0.15) is 15.9 Å². The highest BCUT2D eigenvalue weighted by Crippen LogP contribution is 2.34. The van der Waals surface area contributed by atoms with Gasteiger partial charge in [-0.05, 0) is 24.3 Å². The monoisotopic (exact) mass is 628 g/mol. The zero-order chi connectivity index (χ0) is 32.1. The quantitative estimate of drug-likeness (QED) is 0.123. The predicted octanol–water partition coefficient (Wildman–Crippen LogP) is -2.23. The number of hydrogen-bond acceptors (Lipinski definition) is 16. The van der Waals surface area contributed by atoms with Crippen LogP contribution in [0.2, 0.25) is 0 Å². The second kappa shape index (κ2) is 14.7. The van der Waals surface area contributed by atoms with Gasteiger partial charge in [-0.15, -0.1) is 0 Å². The summed E-state index contributed by atoms with van der Waals surface area (Å²) in [6.45, 7) is -1.78. The van der Waals surface area contributed by atoms with Crippen LogP contribution in [0, 0.1) is 0 Å². The third-order valence-electron chi connectivity index (χ3n) is 7.27. The number of ether oxygens (including phenoxy) is 7. The van der Waals surface area contributed by atoms with Crippen LogP contribution in [0.15, 0.2) is 36.4 Å². The van der Waals surface area contributed by atoms with Gasteiger partial charge in [0, 0.05) is 0 Å². The molecule has 2 aromatic carbocycles. The Bertz CT molecular complexity index is 1230. The molecule has 0 saturated carbocycles.